The lowest BCUT2D eigenvalue weighted by atomic mass is 10.3. The second kappa shape index (κ2) is 5.02. The van der Waals surface area contributed by atoms with E-state index in [0.717, 1.165) is 0 Å². The summed E-state index contributed by atoms with van der Waals surface area (Å²) in [5, 5.41) is 11.0. The molecule has 0 amide bonds. The number of nitrogens with zero attached hydrogens (tertiary/aromatic N) is 1. The number of rotatable bonds is 3. The summed E-state index contributed by atoms with van der Waals surface area (Å²) in [4.78, 5) is 11.0. The summed E-state index contributed by atoms with van der Waals surface area (Å²) in [6, 6.07) is 1.65. The second-order valence-corrected chi connectivity index (χ2v) is 1.87. The van der Waals surface area contributed by atoms with Crippen molar-refractivity contribution in [3.8, 4) is 6.07 Å². The number of nitrogens with two attached hydrogens (primary N) is 1. The van der Waals surface area contributed by atoms with Gasteiger partial charge in [0.05, 0.1) is 6.61 Å². The van der Waals surface area contributed by atoms with Gasteiger partial charge in [-0.2, -0.15) is 5.26 Å². The van der Waals surface area contributed by atoms with Crippen LogP contribution in [0.1, 0.15) is 6.92 Å². The number of ether oxygens (including phenoxy) is 1. The number of hydrogen-bond donors (Lipinski definition) is 2. The van der Waals surface area contributed by atoms with Crippen molar-refractivity contribution in [1.82, 2.24) is 5.32 Å². The van der Waals surface area contributed by atoms with E-state index in [0.29, 0.717) is 0 Å². The quantitative estimate of drug-likeness (QED) is 0.336. The predicted octanol–water partition coefficient (Wildman–Crippen LogP) is -0.537. The van der Waals surface area contributed by atoms with E-state index in [1.807, 2.05) is 0 Å². The molecule has 0 radical (unpaired) electrons. The standard InChI is InChI=1S/C7H11N3O2/c1-3-12-7(11)5(4-8)6(9)10-2/h10H,3,9H2,1-2H3/b6-5+. The van der Waals surface area contributed by atoms with Crippen molar-refractivity contribution in [1.29, 1.82) is 5.26 Å². The van der Waals surface area contributed by atoms with Crippen LogP contribution in [0.3, 0.4) is 0 Å². The highest BCUT2D eigenvalue weighted by atomic mass is 16.5. The fourth-order valence-electron chi connectivity index (χ4n) is 0.544. The molecule has 5 nitrogen and oxygen atoms in total. The zero-order chi connectivity index (χ0) is 9.56. The third kappa shape index (κ3) is 2.50. The van der Waals surface area contributed by atoms with Crippen LogP contribution in [0.25, 0.3) is 0 Å². The summed E-state index contributed by atoms with van der Waals surface area (Å²) in [7, 11) is 1.52. The summed E-state index contributed by atoms with van der Waals surface area (Å²) in [6.07, 6.45) is 0. The maximum absolute atomic E-state index is 11.0. The first-order chi connectivity index (χ1) is 5.67. The maximum Gasteiger partial charge on any atom is 0.352 e. The largest absolute Gasteiger partial charge is 0.462 e. The zero-order valence-corrected chi connectivity index (χ0v) is 7.05. The first-order valence-corrected chi connectivity index (χ1v) is 3.42. The molecule has 0 aromatic rings. The first-order valence-electron chi connectivity index (χ1n) is 3.42. The van der Waals surface area contributed by atoms with Gasteiger partial charge < -0.3 is 15.8 Å². The molecule has 66 valence electrons. The molecule has 0 bridgehead atoms. The van der Waals surface area contributed by atoms with Gasteiger partial charge in [0.2, 0.25) is 0 Å². The van der Waals surface area contributed by atoms with E-state index < -0.39 is 5.97 Å². The van der Waals surface area contributed by atoms with Gasteiger partial charge in [-0.25, -0.2) is 4.79 Å². The topological polar surface area (TPSA) is 88.1 Å². The van der Waals surface area contributed by atoms with Crippen molar-refractivity contribution in [3.05, 3.63) is 11.4 Å². The van der Waals surface area contributed by atoms with Crippen molar-refractivity contribution in [2.45, 2.75) is 6.92 Å². The van der Waals surface area contributed by atoms with Crippen LogP contribution in [0.2, 0.25) is 0 Å². The summed E-state index contributed by atoms with van der Waals surface area (Å²) < 4.78 is 4.58. The Morgan fingerprint density at radius 2 is 2.33 bits per heavy atom. The molecule has 0 atom stereocenters. The van der Waals surface area contributed by atoms with E-state index in [-0.39, 0.29) is 18.0 Å². The van der Waals surface area contributed by atoms with E-state index >= 15 is 0 Å². The lowest BCUT2D eigenvalue weighted by molar-refractivity contribution is -0.138. The number of nitriles is 1. The van der Waals surface area contributed by atoms with E-state index in [4.69, 9.17) is 11.0 Å². The van der Waals surface area contributed by atoms with Crippen LogP contribution in [-0.2, 0) is 9.53 Å². The average molecular weight is 169 g/mol. The summed E-state index contributed by atoms with van der Waals surface area (Å²) >= 11 is 0. The lowest BCUT2D eigenvalue weighted by Crippen LogP contribution is -2.21. The van der Waals surface area contributed by atoms with Crippen LogP contribution in [-0.4, -0.2) is 19.6 Å². The fourth-order valence-corrected chi connectivity index (χ4v) is 0.544. The highest BCUT2D eigenvalue weighted by Gasteiger charge is 2.13. The molecule has 0 heterocycles. The number of carbonyl (C=O) groups excluding carboxylic acids is 1. The Balaban J connectivity index is 4.59. The molecule has 5 heteroatoms. The minimum Gasteiger partial charge on any atom is -0.462 e. The Bertz CT molecular complexity index is 240. The minimum absolute atomic E-state index is 0.0240. The molecule has 0 aromatic carbocycles. The third-order valence-corrected chi connectivity index (χ3v) is 1.13. The van der Waals surface area contributed by atoms with Gasteiger partial charge in [0, 0.05) is 7.05 Å². The van der Waals surface area contributed by atoms with Gasteiger partial charge in [-0.15, -0.1) is 0 Å². The monoisotopic (exact) mass is 169 g/mol. The highest BCUT2D eigenvalue weighted by Crippen LogP contribution is 1.97. The molecule has 0 aliphatic heterocycles. The Morgan fingerprint density at radius 3 is 2.67 bits per heavy atom. The molecule has 0 spiro atoms. The van der Waals surface area contributed by atoms with Gasteiger partial charge in [-0.05, 0) is 6.92 Å². The average Bonchev–Trinajstić information content (AvgIpc) is 2.06. The van der Waals surface area contributed by atoms with Crippen LogP contribution in [0, 0.1) is 11.3 Å². The van der Waals surface area contributed by atoms with Crippen LogP contribution < -0.4 is 11.1 Å². The van der Waals surface area contributed by atoms with Gasteiger partial charge in [-0.1, -0.05) is 0 Å². The van der Waals surface area contributed by atoms with E-state index in [9.17, 15) is 4.79 Å². The number of hydrogen-bond acceptors (Lipinski definition) is 5. The van der Waals surface area contributed by atoms with Gasteiger partial charge in [0.25, 0.3) is 0 Å². The molecule has 12 heavy (non-hydrogen) atoms. The smallest absolute Gasteiger partial charge is 0.352 e. The Kier molecular flexibility index (Phi) is 4.31. The van der Waals surface area contributed by atoms with Crippen molar-refractivity contribution in [2.24, 2.45) is 5.73 Å². The number of esters is 1. The molecule has 0 aliphatic rings. The lowest BCUT2D eigenvalue weighted by Gasteiger charge is -2.03. The maximum atomic E-state index is 11.0. The fraction of sp³-hybridized carbons (Fsp3) is 0.429. The SMILES string of the molecule is CCOC(=O)/C(C#N)=C(\N)NC. The van der Waals surface area contributed by atoms with Crippen molar-refractivity contribution in [3.63, 3.8) is 0 Å². The highest BCUT2D eigenvalue weighted by molar-refractivity contribution is 5.93. The van der Waals surface area contributed by atoms with Crippen LogP contribution in [0.4, 0.5) is 0 Å². The molecule has 0 saturated heterocycles. The van der Waals surface area contributed by atoms with Gasteiger partial charge in [-0.3, -0.25) is 0 Å². The summed E-state index contributed by atoms with van der Waals surface area (Å²) in [6.45, 7) is 1.88. The Hall–Kier alpha value is -1.70. The molecule has 0 saturated carbocycles. The molecular formula is C7H11N3O2. The zero-order valence-electron chi connectivity index (χ0n) is 7.05. The van der Waals surface area contributed by atoms with Crippen molar-refractivity contribution < 1.29 is 9.53 Å². The minimum atomic E-state index is -0.702. The number of carbonyl (C=O) groups is 1. The molecule has 0 aliphatic carbocycles. The molecular weight excluding hydrogens is 158 g/mol. The molecule has 0 unspecified atom stereocenters. The van der Waals surface area contributed by atoms with Gasteiger partial charge in [0.15, 0.2) is 5.57 Å². The second-order valence-electron chi connectivity index (χ2n) is 1.87. The Morgan fingerprint density at radius 1 is 1.75 bits per heavy atom. The van der Waals surface area contributed by atoms with Gasteiger partial charge >= 0.3 is 5.97 Å². The normalized spacial score (nSPS) is 11.1. The Labute approximate surface area is 70.8 Å². The first kappa shape index (κ1) is 10.3. The molecule has 0 rings (SSSR count). The van der Waals surface area contributed by atoms with Crippen LogP contribution in [0.5, 0.6) is 0 Å². The van der Waals surface area contributed by atoms with E-state index in [1.54, 1.807) is 13.0 Å². The van der Waals surface area contributed by atoms with Crippen molar-refractivity contribution >= 4 is 5.97 Å². The molecule has 0 aromatic heterocycles. The van der Waals surface area contributed by atoms with Crippen molar-refractivity contribution in [2.75, 3.05) is 13.7 Å². The third-order valence-electron chi connectivity index (χ3n) is 1.13. The van der Waals surface area contributed by atoms with Gasteiger partial charge in [0.1, 0.15) is 11.9 Å². The summed E-state index contributed by atoms with van der Waals surface area (Å²) in [5.74, 6) is -0.678. The summed E-state index contributed by atoms with van der Waals surface area (Å²) in [5.41, 5.74) is 5.11. The van der Waals surface area contributed by atoms with Crippen LogP contribution >= 0.6 is 0 Å². The van der Waals surface area contributed by atoms with Crippen LogP contribution in [0.15, 0.2) is 11.4 Å². The van der Waals surface area contributed by atoms with E-state index in [1.165, 1.54) is 7.05 Å². The van der Waals surface area contributed by atoms with E-state index in [2.05, 4.69) is 10.1 Å². The predicted molar refractivity (Wildman–Crippen MR) is 42.5 cm³/mol. The number of nitrogens with one attached hydrogen (secondary N) is 1. The molecule has 0 fully saturated rings. The molecule has 3 N–H and O–H groups in total.